The highest BCUT2D eigenvalue weighted by Gasteiger charge is 2.63. The first kappa shape index (κ1) is 22.3. The van der Waals surface area contributed by atoms with E-state index in [1.54, 1.807) is 14.0 Å². The maximum absolute atomic E-state index is 13.4. The van der Waals surface area contributed by atoms with Gasteiger partial charge < -0.3 is 19.3 Å². The fourth-order valence-electron chi connectivity index (χ4n) is 6.54. The Morgan fingerprint density at radius 3 is 2.39 bits per heavy atom. The standard InChI is InChI=1S/C25H36N2O4/c1-18(28)26-20(15-19-9-5-4-6-10-19)21-16-25(2)22(26)11-7-8-12-23(25)27(21)24(29)17-31-14-13-30-3/h4-6,9-10,20-23H,7-8,11-17H2,1-3H3/t20-,21-,22+,23-,25+/m0/s1. The van der Waals surface area contributed by atoms with Gasteiger partial charge in [-0.15, -0.1) is 0 Å². The van der Waals surface area contributed by atoms with Crippen LogP contribution in [0.1, 0.15) is 51.5 Å². The van der Waals surface area contributed by atoms with E-state index in [1.807, 2.05) is 18.2 Å². The summed E-state index contributed by atoms with van der Waals surface area (Å²) >= 11 is 0. The minimum absolute atomic E-state index is 0.00370. The molecule has 0 radical (unpaired) electrons. The van der Waals surface area contributed by atoms with Crippen molar-refractivity contribution in [2.75, 3.05) is 26.9 Å². The lowest BCUT2D eigenvalue weighted by molar-refractivity contribution is -0.145. The van der Waals surface area contributed by atoms with E-state index in [2.05, 4.69) is 28.9 Å². The Kier molecular flexibility index (Phi) is 6.68. The molecule has 0 unspecified atom stereocenters. The van der Waals surface area contributed by atoms with Gasteiger partial charge in [0.2, 0.25) is 11.8 Å². The summed E-state index contributed by atoms with van der Waals surface area (Å²) < 4.78 is 10.7. The molecule has 2 amide bonds. The molecule has 4 rings (SSSR count). The minimum Gasteiger partial charge on any atom is -0.382 e. The summed E-state index contributed by atoms with van der Waals surface area (Å²) in [6, 6.07) is 10.8. The summed E-state index contributed by atoms with van der Waals surface area (Å²) in [5, 5.41) is 0. The number of piperidine rings is 1. The fourth-order valence-corrected chi connectivity index (χ4v) is 6.54. The number of carbonyl (C=O) groups excluding carboxylic acids is 2. The molecule has 6 heteroatoms. The van der Waals surface area contributed by atoms with E-state index >= 15 is 0 Å². The van der Waals surface area contributed by atoms with E-state index in [4.69, 9.17) is 9.47 Å². The van der Waals surface area contributed by atoms with Gasteiger partial charge in [0.15, 0.2) is 0 Å². The lowest BCUT2D eigenvalue weighted by Crippen LogP contribution is -2.61. The maximum Gasteiger partial charge on any atom is 0.249 e. The van der Waals surface area contributed by atoms with Crippen LogP contribution in [0.3, 0.4) is 0 Å². The Balaban J connectivity index is 1.68. The van der Waals surface area contributed by atoms with E-state index < -0.39 is 0 Å². The number of methoxy groups -OCH3 is 1. The van der Waals surface area contributed by atoms with Crippen molar-refractivity contribution >= 4 is 11.8 Å². The van der Waals surface area contributed by atoms with E-state index in [0.29, 0.717) is 13.2 Å². The monoisotopic (exact) mass is 428 g/mol. The van der Waals surface area contributed by atoms with Crippen molar-refractivity contribution in [3.05, 3.63) is 35.9 Å². The largest absolute Gasteiger partial charge is 0.382 e. The summed E-state index contributed by atoms with van der Waals surface area (Å²) in [5.74, 6) is 0.187. The molecule has 170 valence electrons. The first-order valence-corrected chi connectivity index (χ1v) is 11.7. The molecule has 1 aromatic carbocycles. The second-order valence-corrected chi connectivity index (χ2v) is 9.62. The topological polar surface area (TPSA) is 59.1 Å². The molecule has 2 bridgehead atoms. The smallest absolute Gasteiger partial charge is 0.249 e. The van der Waals surface area contributed by atoms with Crippen LogP contribution < -0.4 is 0 Å². The van der Waals surface area contributed by atoms with Crippen LogP contribution in [0.5, 0.6) is 0 Å². The number of hydrogen-bond donors (Lipinski definition) is 0. The van der Waals surface area contributed by atoms with Crippen LogP contribution >= 0.6 is 0 Å². The Morgan fingerprint density at radius 2 is 1.74 bits per heavy atom. The van der Waals surface area contributed by atoms with Gasteiger partial charge in [-0.2, -0.15) is 0 Å². The molecule has 1 aliphatic carbocycles. The molecule has 3 aliphatic rings. The van der Waals surface area contributed by atoms with Crippen molar-refractivity contribution in [1.29, 1.82) is 0 Å². The summed E-state index contributed by atoms with van der Waals surface area (Å²) in [6.45, 7) is 4.99. The zero-order valence-corrected chi connectivity index (χ0v) is 19.1. The highest BCUT2D eigenvalue weighted by atomic mass is 16.5. The molecule has 0 aromatic heterocycles. The number of ether oxygens (including phenoxy) is 2. The molecule has 3 fully saturated rings. The molecule has 0 N–H and O–H groups in total. The summed E-state index contributed by atoms with van der Waals surface area (Å²) in [5.41, 5.74) is 1.16. The Morgan fingerprint density at radius 1 is 1.06 bits per heavy atom. The van der Waals surface area contributed by atoms with Crippen molar-refractivity contribution in [3.8, 4) is 0 Å². The molecule has 1 aromatic rings. The zero-order chi connectivity index (χ0) is 22.0. The normalized spacial score (nSPS) is 32.1. The maximum atomic E-state index is 13.4. The van der Waals surface area contributed by atoms with Crippen molar-refractivity contribution in [3.63, 3.8) is 0 Å². The number of likely N-dealkylation sites (tertiary alicyclic amines) is 2. The Bertz CT molecular complexity index is 785. The lowest BCUT2D eigenvalue weighted by Gasteiger charge is -2.50. The number of carbonyl (C=O) groups is 2. The zero-order valence-electron chi connectivity index (χ0n) is 19.1. The van der Waals surface area contributed by atoms with Crippen LogP contribution in [0.25, 0.3) is 0 Å². The molecular formula is C25H36N2O4. The molecule has 1 saturated carbocycles. The molecular weight excluding hydrogens is 392 g/mol. The second-order valence-electron chi connectivity index (χ2n) is 9.62. The molecule has 5 atom stereocenters. The molecule has 2 heterocycles. The van der Waals surface area contributed by atoms with Gasteiger partial charge in [-0.25, -0.2) is 0 Å². The van der Waals surface area contributed by atoms with Gasteiger partial charge in [0.1, 0.15) is 6.61 Å². The van der Waals surface area contributed by atoms with Crippen LogP contribution in [0.2, 0.25) is 0 Å². The highest BCUT2D eigenvalue weighted by molar-refractivity contribution is 5.80. The Hall–Kier alpha value is -1.92. The number of nitrogens with zero attached hydrogens (tertiary/aromatic N) is 2. The van der Waals surface area contributed by atoms with Gasteiger partial charge >= 0.3 is 0 Å². The fraction of sp³-hybridized carbons (Fsp3) is 0.680. The van der Waals surface area contributed by atoms with Crippen LogP contribution in [-0.2, 0) is 25.5 Å². The number of fused-ring (bicyclic) bond motifs is 1. The van der Waals surface area contributed by atoms with E-state index in [-0.39, 0.29) is 48.0 Å². The van der Waals surface area contributed by atoms with Crippen molar-refractivity contribution < 1.29 is 19.1 Å². The average Bonchev–Trinajstić information content (AvgIpc) is 2.90. The molecule has 2 saturated heterocycles. The molecule has 6 nitrogen and oxygen atoms in total. The molecule has 0 spiro atoms. The van der Waals surface area contributed by atoms with Crippen LogP contribution in [-0.4, -0.2) is 72.7 Å². The summed E-state index contributed by atoms with van der Waals surface area (Å²) in [7, 11) is 1.63. The van der Waals surface area contributed by atoms with E-state index in [9.17, 15) is 9.59 Å². The number of rotatable bonds is 7. The molecule has 31 heavy (non-hydrogen) atoms. The third-order valence-electron chi connectivity index (χ3n) is 7.80. The van der Waals surface area contributed by atoms with E-state index in [0.717, 1.165) is 38.5 Å². The minimum atomic E-state index is -0.0534. The van der Waals surface area contributed by atoms with Crippen LogP contribution in [0.15, 0.2) is 30.3 Å². The number of hydrogen-bond acceptors (Lipinski definition) is 4. The third kappa shape index (κ3) is 4.12. The van der Waals surface area contributed by atoms with Crippen LogP contribution in [0.4, 0.5) is 0 Å². The average molecular weight is 429 g/mol. The highest BCUT2D eigenvalue weighted by Crippen LogP contribution is 2.55. The first-order chi connectivity index (χ1) is 15.0. The van der Waals surface area contributed by atoms with Gasteiger partial charge in [-0.1, -0.05) is 50.1 Å². The van der Waals surface area contributed by atoms with Gasteiger partial charge in [-0.3, -0.25) is 9.59 Å². The van der Waals surface area contributed by atoms with Gasteiger partial charge in [0.05, 0.1) is 25.3 Å². The number of benzene rings is 1. The van der Waals surface area contributed by atoms with Gasteiger partial charge in [0, 0.05) is 31.5 Å². The van der Waals surface area contributed by atoms with Crippen molar-refractivity contribution in [2.24, 2.45) is 5.41 Å². The van der Waals surface area contributed by atoms with Crippen LogP contribution in [0, 0.1) is 5.41 Å². The lowest BCUT2D eigenvalue weighted by atomic mass is 9.69. The van der Waals surface area contributed by atoms with E-state index in [1.165, 1.54) is 5.56 Å². The second kappa shape index (κ2) is 9.29. The van der Waals surface area contributed by atoms with Gasteiger partial charge in [-0.05, 0) is 31.2 Å². The predicted molar refractivity (Wildman–Crippen MR) is 119 cm³/mol. The van der Waals surface area contributed by atoms with Crippen molar-refractivity contribution in [1.82, 2.24) is 9.80 Å². The number of amides is 2. The Labute approximate surface area is 185 Å². The summed E-state index contributed by atoms with van der Waals surface area (Å²) in [6.07, 6.45) is 5.99. The predicted octanol–water partition coefficient (Wildman–Crippen LogP) is 3.04. The van der Waals surface area contributed by atoms with Gasteiger partial charge in [0.25, 0.3) is 0 Å². The summed E-state index contributed by atoms with van der Waals surface area (Å²) in [4.78, 5) is 30.7. The van der Waals surface area contributed by atoms with Crippen molar-refractivity contribution in [2.45, 2.75) is 76.5 Å². The third-order valence-corrected chi connectivity index (χ3v) is 7.80. The molecule has 2 aliphatic heterocycles. The quantitative estimate of drug-likeness (QED) is 0.627. The first-order valence-electron chi connectivity index (χ1n) is 11.7. The SMILES string of the molecule is COCCOCC(=O)N1[C@H]2CCCC[C@H]3N(C(C)=O)[C@@H](Cc4ccccc4)[C@@H]1C[C@@]23C.